The Morgan fingerprint density at radius 3 is 2.68 bits per heavy atom. The number of carbonyl (C=O) groups is 1. The number of amides is 1. The van der Waals surface area contributed by atoms with Crippen LogP contribution in [0.15, 0.2) is 16.8 Å². The third-order valence-corrected chi connectivity index (χ3v) is 4.52. The molecular formula is C15H24N2OS. The smallest absolute Gasteiger partial charge is 0.219 e. The van der Waals surface area contributed by atoms with Gasteiger partial charge in [-0.3, -0.25) is 9.69 Å². The van der Waals surface area contributed by atoms with Gasteiger partial charge < -0.3 is 5.32 Å². The molecule has 2 rings (SSSR count). The van der Waals surface area contributed by atoms with Gasteiger partial charge in [-0.2, -0.15) is 11.3 Å². The quantitative estimate of drug-likeness (QED) is 0.898. The highest BCUT2D eigenvalue weighted by molar-refractivity contribution is 7.07. The van der Waals surface area contributed by atoms with Crippen LogP contribution in [0.4, 0.5) is 0 Å². The lowest BCUT2D eigenvalue weighted by molar-refractivity contribution is -0.121. The van der Waals surface area contributed by atoms with E-state index in [1.54, 1.807) is 11.3 Å². The molecule has 0 saturated carbocycles. The lowest BCUT2D eigenvalue weighted by Crippen LogP contribution is -2.38. The molecule has 1 aliphatic rings. The highest BCUT2D eigenvalue weighted by Gasteiger charge is 2.22. The molecule has 3 nitrogen and oxygen atoms in total. The molecule has 0 aliphatic carbocycles. The maximum absolute atomic E-state index is 11.5. The standard InChI is InChI=1S/C15H24N2OS/c1-2-15(18)16-11-14(13-7-10-19-12-13)17-8-5-3-4-6-9-17/h7,10,12,14H,2-6,8-9,11H2,1H3,(H,16,18). The molecule has 1 N–H and O–H groups in total. The van der Waals surface area contributed by atoms with E-state index in [4.69, 9.17) is 0 Å². The number of nitrogens with zero attached hydrogens (tertiary/aromatic N) is 1. The van der Waals surface area contributed by atoms with Crippen molar-refractivity contribution in [1.82, 2.24) is 10.2 Å². The van der Waals surface area contributed by atoms with Gasteiger partial charge in [0, 0.05) is 13.0 Å². The Morgan fingerprint density at radius 2 is 2.11 bits per heavy atom. The van der Waals surface area contributed by atoms with Crippen molar-refractivity contribution in [2.75, 3.05) is 19.6 Å². The molecule has 1 unspecified atom stereocenters. The van der Waals surface area contributed by atoms with Crippen molar-refractivity contribution >= 4 is 17.2 Å². The number of thiophene rings is 1. The Morgan fingerprint density at radius 1 is 1.37 bits per heavy atom. The molecule has 1 aliphatic heterocycles. The summed E-state index contributed by atoms with van der Waals surface area (Å²) < 4.78 is 0. The minimum absolute atomic E-state index is 0.148. The molecule has 2 heterocycles. The van der Waals surface area contributed by atoms with Gasteiger partial charge >= 0.3 is 0 Å². The minimum atomic E-state index is 0.148. The Balaban J connectivity index is 2.02. The molecule has 1 aromatic heterocycles. The molecule has 4 heteroatoms. The number of carbonyl (C=O) groups excluding carboxylic acids is 1. The zero-order valence-electron chi connectivity index (χ0n) is 11.7. The van der Waals surface area contributed by atoms with Crippen LogP contribution in [-0.2, 0) is 4.79 Å². The second-order valence-corrected chi connectivity index (χ2v) is 5.96. The van der Waals surface area contributed by atoms with E-state index in [2.05, 4.69) is 27.0 Å². The molecule has 106 valence electrons. The van der Waals surface area contributed by atoms with E-state index in [0.29, 0.717) is 12.5 Å². The maximum Gasteiger partial charge on any atom is 0.219 e. The number of nitrogens with one attached hydrogen (secondary N) is 1. The van der Waals surface area contributed by atoms with E-state index in [0.717, 1.165) is 19.6 Å². The first kappa shape index (κ1) is 14.5. The SMILES string of the molecule is CCC(=O)NCC(c1ccsc1)N1CCCCCC1. The summed E-state index contributed by atoms with van der Waals surface area (Å²) in [5.74, 6) is 0.148. The highest BCUT2D eigenvalue weighted by Crippen LogP contribution is 2.25. The third kappa shape index (κ3) is 4.32. The van der Waals surface area contributed by atoms with Crippen LogP contribution < -0.4 is 5.32 Å². The minimum Gasteiger partial charge on any atom is -0.354 e. The maximum atomic E-state index is 11.5. The van der Waals surface area contributed by atoms with Gasteiger partial charge in [-0.05, 0) is 48.3 Å². The number of hydrogen-bond acceptors (Lipinski definition) is 3. The summed E-state index contributed by atoms with van der Waals surface area (Å²) in [5, 5.41) is 7.41. The van der Waals surface area contributed by atoms with E-state index in [1.807, 2.05) is 6.92 Å². The summed E-state index contributed by atoms with van der Waals surface area (Å²) in [5.41, 5.74) is 1.35. The summed E-state index contributed by atoms with van der Waals surface area (Å²) in [6.45, 7) is 4.95. The van der Waals surface area contributed by atoms with E-state index in [1.165, 1.54) is 31.2 Å². The monoisotopic (exact) mass is 280 g/mol. The molecule has 0 aromatic carbocycles. The Bertz CT molecular complexity index is 370. The molecule has 0 radical (unpaired) electrons. The molecule has 19 heavy (non-hydrogen) atoms. The van der Waals surface area contributed by atoms with Crippen molar-refractivity contribution in [3.05, 3.63) is 22.4 Å². The summed E-state index contributed by atoms with van der Waals surface area (Å²) in [7, 11) is 0. The first-order chi connectivity index (χ1) is 9.31. The first-order valence-corrected chi connectivity index (χ1v) is 8.28. The summed E-state index contributed by atoms with van der Waals surface area (Å²) in [6, 6.07) is 2.54. The molecule has 1 atom stereocenters. The largest absolute Gasteiger partial charge is 0.354 e. The average Bonchev–Trinajstić information content (AvgIpc) is 2.82. The molecule has 1 saturated heterocycles. The number of likely N-dealkylation sites (tertiary alicyclic amines) is 1. The Kier molecular flexibility index (Phi) is 5.86. The zero-order chi connectivity index (χ0) is 13.5. The fourth-order valence-electron chi connectivity index (χ4n) is 2.66. The summed E-state index contributed by atoms with van der Waals surface area (Å²) in [6.07, 6.45) is 5.81. The van der Waals surface area contributed by atoms with Gasteiger partial charge in [0.05, 0.1) is 6.04 Å². The Hall–Kier alpha value is -0.870. The molecule has 1 fully saturated rings. The van der Waals surface area contributed by atoms with Crippen LogP contribution in [0, 0.1) is 0 Å². The van der Waals surface area contributed by atoms with Gasteiger partial charge in [-0.25, -0.2) is 0 Å². The van der Waals surface area contributed by atoms with Crippen LogP contribution >= 0.6 is 11.3 Å². The predicted octanol–water partition coefficient (Wildman–Crippen LogP) is 3.19. The van der Waals surface area contributed by atoms with E-state index >= 15 is 0 Å². The molecular weight excluding hydrogens is 256 g/mol. The normalized spacial score (nSPS) is 18.8. The highest BCUT2D eigenvalue weighted by atomic mass is 32.1. The second kappa shape index (κ2) is 7.65. The first-order valence-electron chi connectivity index (χ1n) is 7.34. The Labute approximate surface area is 120 Å². The van der Waals surface area contributed by atoms with Crippen LogP contribution in [0.1, 0.15) is 50.6 Å². The molecule has 1 amide bonds. The topological polar surface area (TPSA) is 32.3 Å². The van der Waals surface area contributed by atoms with Crippen molar-refractivity contribution in [1.29, 1.82) is 0 Å². The molecule has 0 spiro atoms. The van der Waals surface area contributed by atoms with E-state index < -0.39 is 0 Å². The van der Waals surface area contributed by atoms with E-state index in [-0.39, 0.29) is 5.91 Å². The lowest BCUT2D eigenvalue weighted by Gasteiger charge is -2.30. The third-order valence-electron chi connectivity index (χ3n) is 3.82. The molecule has 0 bridgehead atoms. The van der Waals surface area contributed by atoms with Crippen molar-refractivity contribution in [3.8, 4) is 0 Å². The number of rotatable bonds is 5. The van der Waals surface area contributed by atoms with Gasteiger partial charge in [0.25, 0.3) is 0 Å². The van der Waals surface area contributed by atoms with Crippen LogP contribution in [0.3, 0.4) is 0 Å². The van der Waals surface area contributed by atoms with Crippen molar-refractivity contribution in [2.24, 2.45) is 0 Å². The van der Waals surface area contributed by atoms with Gasteiger partial charge in [0.1, 0.15) is 0 Å². The van der Waals surface area contributed by atoms with Crippen molar-refractivity contribution in [3.63, 3.8) is 0 Å². The predicted molar refractivity (Wildman–Crippen MR) is 80.4 cm³/mol. The molecule has 1 aromatic rings. The van der Waals surface area contributed by atoms with Crippen LogP contribution in [0.25, 0.3) is 0 Å². The van der Waals surface area contributed by atoms with Gasteiger partial charge in [-0.15, -0.1) is 0 Å². The second-order valence-electron chi connectivity index (χ2n) is 5.18. The summed E-state index contributed by atoms with van der Waals surface area (Å²) >= 11 is 1.74. The van der Waals surface area contributed by atoms with Crippen LogP contribution in [0.5, 0.6) is 0 Å². The summed E-state index contributed by atoms with van der Waals surface area (Å²) in [4.78, 5) is 14.1. The number of hydrogen-bond donors (Lipinski definition) is 1. The fraction of sp³-hybridized carbons (Fsp3) is 0.667. The van der Waals surface area contributed by atoms with Crippen LogP contribution in [0.2, 0.25) is 0 Å². The van der Waals surface area contributed by atoms with Crippen molar-refractivity contribution in [2.45, 2.75) is 45.1 Å². The lowest BCUT2D eigenvalue weighted by atomic mass is 10.1. The fourth-order valence-corrected chi connectivity index (χ4v) is 3.37. The van der Waals surface area contributed by atoms with Crippen LogP contribution in [-0.4, -0.2) is 30.4 Å². The zero-order valence-corrected chi connectivity index (χ0v) is 12.5. The van der Waals surface area contributed by atoms with Gasteiger partial charge in [-0.1, -0.05) is 19.8 Å². The average molecular weight is 280 g/mol. The van der Waals surface area contributed by atoms with E-state index in [9.17, 15) is 4.79 Å². The van der Waals surface area contributed by atoms with Crippen molar-refractivity contribution < 1.29 is 4.79 Å². The van der Waals surface area contributed by atoms with Gasteiger partial charge in [0.15, 0.2) is 0 Å². The van der Waals surface area contributed by atoms with Gasteiger partial charge in [0.2, 0.25) is 5.91 Å².